The molecule has 0 fully saturated rings. The lowest BCUT2D eigenvalue weighted by Gasteiger charge is -2.12. The maximum Gasteiger partial charge on any atom is 0.161 e. The van der Waals surface area contributed by atoms with E-state index >= 15 is 0 Å². The number of methoxy groups -OCH3 is 1. The Kier molecular flexibility index (Phi) is 10.2. The summed E-state index contributed by atoms with van der Waals surface area (Å²) >= 11 is 0. The van der Waals surface area contributed by atoms with Crippen molar-refractivity contribution in [2.75, 3.05) is 7.11 Å². The van der Waals surface area contributed by atoms with Crippen molar-refractivity contribution in [2.24, 2.45) is 0 Å². The van der Waals surface area contributed by atoms with Gasteiger partial charge in [0.1, 0.15) is 23.8 Å². The topological polar surface area (TPSA) is 97.7 Å². The summed E-state index contributed by atoms with van der Waals surface area (Å²) < 4.78 is 17.9. The van der Waals surface area contributed by atoms with E-state index in [4.69, 9.17) is 14.5 Å². The highest BCUT2D eigenvalue weighted by Gasteiger charge is 2.17. The van der Waals surface area contributed by atoms with Crippen molar-refractivity contribution in [3.63, 3.8) is 0 Å². The molecule has 0 aliphatic carbocycles. The Labute approximate surface area is 247 Å². The van der Waals surface area contributed by atoms with E-state index in [0.29, 0.717) is 24.7 Å². The molecule has 0 aliphatic rings. The molecule has 0 spiro atoms. The lowest BCUT2D eigenvalue weighted by Crippen LogP contribution is -2.03. The number of fused-ring (bicyclic) bond motifs is 1. The first kappa shape index (κ1) is 29.3. The van der Waals surface area contributed by atoms with Crippen molar-refractivity contribution in [1.82, 2.24) is 39.5 Å². The normalized spacial score (nSPS) is 11.4. The number of ether oxygens (including phenoxy) is 2. The first-order chi connectivity index (χ1) is 20.7. The molecule has 5 rings (SSSR count). The van der Waals surface area contributed by atoms with Crippen molar-refractivity contribution < 1.29 is 9.47 Å². The molecule has 0 unspecified atom stereocenters. The van der Waals surface area contributed by atoms with Crippen LogP contribution in [0.1, 0.15) is 76.6 Å². The molecule has 10 nitrogen and oxygen atoms in total. The van der Waals surface area contributed by atoms with Crippen molar-refractivity contribution in [3.05, 3.63) is 66.2 Å². The van der Waals surface area contributed by atoms with Crippen LogP contribution in [-0.4, -0.2) is 46.6 Å². The number of aromatic nitrogens is 8. The number of rotatable bonds is 17. The number of imidazole rings is 1. The smallest absolute Gasteiger partial charge is 0.161 e. The lowest BCUT2D eigenvalue weighted by atomic mass is 10.2. The summed E-state index contributed by atoms with van der Waals surface area (Å²) in [6.45, 7) is 7.09. The van der Waals surface area contributed by atoms with E-state index in [1.165, 1.54) is 38.5 Å². The van der Waals surface area contributed by atoms with Gasteiger partial charge in [-0.05, 0) is 43.2 Å². The molecule has 0 aliphatic heterocycles. The molecule has 0 radical (unpaired) electrons. The van der Waals surface area contributed by atoms with E-state index in [2.05, 4.69) is 45.1 Å². The van der Waals surface area contributed by atoms with Gasteiger partial charge < -0.3 is 14.0 Å². The quantitative estimate of drug-likeness (QED) is 0.115. The van der Waals surface area contributed by atoms with Crippen LogP contribution in [0.2, 0.25) is 0 Å². The minimum Gasteiger partial charge on any atom is -0.493 e. The predicted octanol–water partition coefficient (Wildman–Crippen LogP) is 6.68. The van der Waals surface area contributed by atoms with E-state index in [1.54, 1.807) is 7.11 Å². The number of para-hydroxylation sites is 2. The summed E-state index contributed by atoms with van der Waals surface area (Å²) in [5.74, 6) is 2.12. The zero-order valence-electron chi connectivity index (χ0n) is 25.1. The van der Waals surface area contributed by atoms with Gasteiger partial charge in [0, 0.05) is 18.7 Å². The van der Waals surface area contributed by atoms with E-state index in [9.17, 15) is 0 Å². The minimum absolute atomic E-state index is 0.317. The van der Waals surface area contributed by atoms with Crippen LogP contribution < -0.4 is 9.47 Å². The molecular weight excluding hydrogens is 528 g/mol. The molecule has 0 bridgehead atoms. The number of benzene rings is 2. The molecule has 0 amide bonds. The predicted molar refractivity (Wildman–Crippen MR) is 163 cm³/mol. The SMILES string of the molecule is CCCCCCn1cc(COc2ccc(-c3nc4ccccc4n3Cc3cn(CCCCCC)nn3)cc2OC)nn1. The lowest BCUT2D eigenvalue weighted by molar-refractivity contribution is 0.280. The van der Waals surface area contributed by atoms with Crippen molar-refractivity contribution >= 4 is 11.0 Å². The van der Waals surface area contributed by atoms with Crippen LogP contribution in [0.3, 0.4) is 0 Å². The fraction of sp³-hybridized carbons (Fsp3) is 0.469. The highest BCUT2D eigenvalue weighted by atomic mass is 16.5. The maximum atomic E-state index is 6.11. The van der Waals surface area contributed by atoms with Gasteiger partial charge in [-0.15, -0.1) is 10.2 Å². The Morgan fingerprint density at radius 1 is 0.738 bits per heavy atom. The van der Waals surface area contributed by atoms with E-state index in [-0.39, 0.29) is 0 Å². The van der Waals surface area contributed by atoms with Crippen molar-refractivity contribution in [3.8, 4) is 22.9 Å². The van der Waals surface area contributed by atoms with Gasteiger partial charge in [0.2, 0.25) is 0 Å². The Bertz CT molecular complexity index is 1550. The summed E-state index contributed by atoms with van der Waals surface area (Å²) in [5, 5.41) is 17.4. The summed E-state index contributed by atoms with van der Waals surface area (Å²) in [5.41, 5.74) is 4.59. The number of unbranched alkanes of at least 4 members (excludes halogenated alkanes) is 6. The molecule has 3 heterocycles. The molecule has 222 valence electrons. The average Bonchev–Trinajstić information content (AvgIpc) is 3.76. The molecule has 3 aromatic heterocycles. The Morgan fingerprint density at radius 2 is 1.43 bits per heavy atom. The van der Waals surface area contributed by atoms with E-state index < -0.39 is 0 Å². The molecule has 0 saturated carbocycles. The zero-order valence-corrected chi connectivity index (χ0v) is 25.1. The summed E-state index contributed by atoms with van der Waals surface area (Å²) in [7, 11) is 1.65. The third-order valence-electron chi connectivity index (χ3n) is 7.43. The van der Waals surface area contributed by atoms with Gasteiger partial charge in [0.15, 0.2) is 11.5 Å². The fourth-order valence-electron chi connectivity index (χ4n) is 5.13. The van der Waals surface area contributed by atoms with Gasteiger partial charge in [-0.3, -0.25) is 9.36 Å². The standard InChI is InChI=1S/C32H42N8O2/c1-4-6-8-12-18-38-21-26(34-36-38)23-40-29-15-11-10-14-28(29)33-32(40)25-16-17-30(31(20-25)41-3)42-24-27-22-39(37-35-27)19-13-9-7-5-2/h10-11,14-17,20-22H,4-9,12-13,18-19,23-24H2,1-3H3. The molecule has 5 aromatic rings. The van der Waals surface area contributed by atoms with Crippen LogP contribution in [0.4, 0.5) is 0 Å². The first-order valence-electron chi connectivity index (χ1n) is 15.2. The number of nitrogens with zero attached hydrogens (tertiary/aromatic N) is 8. The van der Waals surface area contributed by atoms with Crippen molar-refractivity contribution in [2.45, 2.75) is 91.5 Å². The molecular formula is C32H42N8O2. The van der Waals surface area contributed by atoms with Gasteiger partial charge in [-0.1, -0.05) is 74.9 Å². The third kappa shape index (κ3) is 7.35. The zero-order chi connectivity index (χ0) is 29.1. The average molecular weight is 571 g/mol. The number of aryl methyl sites for hydroxylation is 2. The second kappa shape index (κ2) is 14.6. The Morgan fingerprint density at radius 3 is 2.14 bits per heavy atom. The highest BCUT2D eigenvalue weighted by Crippen LogP contribution is 2.34. The van der Waals surface area contributed by atoms with Crippen LogP contribution in [0, 0.1) is 0 Å². The second-order valence-electron chi connectivity index (χ2n) is 10.7. The van der Waals surface area contributed by atoms with Crippen LogP contribution in [0.25, 0.3) is 22.4 Å². The monoisotopic (exact) mass is 570 g/mol. The molecule has 0 N–H and O–H groups in total. The largest absolute Gasteiger partial charge is 0.493 e. The van der Waals surface area contributed by atoms with Crippen LogP contribution in [0.5, 0.6) is 11.5 Å². The fourth-order valence-corrected chi connectivity index (χ4v) is 5.13. The maximum absolute atomic E-state index is 6.11. The second-order valence-corrected chi connectivity index (χ2v) is 10.7. The third-order valence-corrected chi connectivity index (χ3v) is 7.43. The summed E-state index contributed by atoms with van der Waals surface area (Å²) in [6.07, 6.45) is 13.6. The van der Waals surface area contributed by atoms with Crippen LogP contribution in [0.15, 0.2) is 54.9 Å². The van der Waals surface area contributed by atoms with Crippen molar-refractivity contribution in [1.29, 1.82) is 0 Å². The van der Waals surface area contributed by atoms with Gasteiger partial charge >= 0.3 is 0 Å². The molecule has 10 heteroatoms. The van der Waals surface area contributed by atoms with Crippen LogP contribution in [-0.2, 0) is 26.2 Å². The molecule has 2 aromatic carbocycles. The molecule has 42 heavy (non-hydrogen) atoms. The number of hydrogen-bond acceptors (Lipinski definition) is 7. The molecule has 0 atom stereocenters. The highest BCUT2D eigenvalue weighted by molar-refractivity contribution is 5.81. The van der Waals surface area contributed by atoms with Gasteiger partial charge in [0.25, 0.3) is 0 Å². The molecule has 0 saturated heterocycles. The first-order valence-corrected chi connectivity index (χ1v) is 15.2. The van der Waals surface area contributed by atoms with E-state index in [0.717, 1.165) is 59.7 Å². The van der Waals surface area contributed by atoms with Gasteiger partial charge in [-0.2, -0.15) is 0 Å². The minimum atomic E-state index is 0.317. The Hall–Kier alpha value is -4.21. The summed E-state index contributed by atoms with van der Waals surface area (Å²) in [4.78, 5) is 4.98. The van der Waals surface area contributed by atoms with Crippen LogP contribution >= 0.6 is 0 Å². The van der Waals surface area contributed by atoms with Gasteiger partial charge in [0.05, 0.1) is 37.1 Å². The van der Waals surface area contributed by atoms with Gasteiger partial charge in [-0.25, -0.2) is 4.98 Å². The van der Waals surface area contributed by atoms with E-state index in [1.807, 2.05) is 58.2 Å². The number of hydrogen-bond donors (Lipinski definition) is 0. The Balaban J connectivity index is 1.31. The summed E-state index contributed by atoms with van der Waals surface area (Å²) in [6, 6.07) is 14.1.